The Morgan fingerprint density at radius 3 is 2.26 bits per heavy atom. The van der Waals surface area contributed by atoms with Gasteiger partial charge in [0, 0.05) is 18.8 Å². The standard InChI is InChI=1S/C13H16N2O4/c16-11-5-7-15(8-6-11)13(19)14-10-3-1-9(2-4-10)12(17)18/h1-4,11,16H,5-8H2,(H,14,19)(H,17,18). The lowest BCUT2D eigenvalue weighted by atomic mass is 10.1. The number of urea groups is 1. The molecule has 0 unspecified atom stereocenters. The molecule has 1 aromatic rings. The van der Waals surface area contributed by atoms with Crippen molar-refractivity contribution in [3.05, 3.63) is 29.8 Å². The Labute approximate surface area is 110 Å². The van der Waals surface area contributed by atoms with Crippen LogP contribution in [0.4, 0.5) is 10.5 Å². The van der Waals surface area contributed by atoms with E-state index in [1.165, 1.54) is 12.1 Å². The highest BCUT2D eigenvalue weighted by molar-refractivity contribution is 5.91. The van der Waals surface area contributed by atoms with Crippen LogP contribution in [-0.2, 0) is 0 Å². The van der Waals surface area contributed by atoms with Gasteiger partial charge in [-0.3, -0.25) is 0 Å². The van der Waals surface area contributed by atoms with Gasteiger partial charge in [-0.15, -0.1) is 0 Å². The maximum absolute atomic E-state index is 11.9. The Balaban J connectivity index is 1.93. The third-order valence-electron chi connectivity index (χ3n) is 3.13. The van der Waals surface area contributed by atoms with E-state index in [1.54, 1.807) is 17.0 Å². The van der Waals surface area contributed by atoms with Crippen molar-refractivity contribution in [2.75, 3.05) is 18.4 Å². The molecule has 0 atom stereocenters. The van der Waals surface area contributed by atoms with Crippen molar-refractivity contribution in [3.63, 3.8) is 0 Å². The Morgan fingerprint density at radius 2 is 1.74 bits per heavy atom. The Bertz CT molecular complexity index is 464. The van der Waals surface area contributed by atoms with Crippen molar-refractivity contribution in [3.8, 4) is 0 Å². The van der Waals surface area contributed by atoms with Crippen molar-refractivity contribution in [2.24, 2.45) is 0 Å². The predicted molar refractivity (Wildman–Crippen MR) is 69.2 cm³/mol. The van der Waals surface area contributed by atoms with Crippen LogP contribution in [-0.4, -0.2) is 46.3 Å². The summed E-state index contributed by atoms with van der Waals surface area (Å²) in [5.74, 6) is -0.997. The smallest absolute Gasteiger partial charge is 0.335 e. The van der Waals surface area contributed by atoms with Gasteiger partial charge < -0.3 is 20.4 Å². The number of carboxylic acid groups (broad SMARTS) is 1. The number of benzene rings is 1. The normalized spacial score (nSPS) is 16.2. The summed E-state index contributed by atoms with van der Waals surface area (Å²) in [6.45, 7) is 1.06. The highest BCUT2D eigenvalue weighted by Crippen LogP contribution is 2.14. The van der Waals surface area contributed by atoms with Crippen LogP contribution in [0.5, 0.6) is 0 Å². The summed E-state index contributed by atoms with van der Waals surface area (Å²) in [7, 11) is 0. The van der Waals surface area contributed by atoms with Crippen LogP contribution in [0.15, 0.2) is 24.3 Å². The van der Waals surface area contributed by atoms with Crippen molar-refractivity contribution in [1.82, 2.24) is 4.90 Å². The number of aliphatic hydroxyl groups excluding tert-OH is 1. The second-order valence-corrected chi connectivity index (χ2v) is 4.53. The fraction of sp³-hybridized carbons (Fsp3) is 0.385. The molecule has 0 radical (unpaired) electrons. The van der Waals surface area contributed by atoms with Crippen LogP contribution in [0.1, 0.15) is 23.2 Å². The zero-order valence-electron chi connectivity index (χ0n) is 10.4. The molecule has 1 fully saturated rings. The first-order valence-corrected chi connectivity index (χ1v) is 6.13. The molecule has 0 saturated carbocycles. The van der Waals surface area contributed by atoms with E-state index in [0.717, 1.165) is 0 Å². The molecule has 6 nitrogen and oxygen atoms in total. The maximum atomic E-state index is 11.9. The first kappa shape index (κ1) is 13.4. The maximum Gasteiger partial charge on any atom is 0.335 e. The molecule has 102 valence electrons. The van der Waals surface area contributed by atoms with Crippen LogP contribution < -0.4 is 5.32 Å². The summed E-state index contributed by atoms with van der Waals surface area (Å²) in [6, 6.07) is 5.77. The molecule has 0 spiro atoms. The number of carboxylic acids is 1. The number of carbonyl (C=O) groups excluding carboxylic acids is 1. The quantitative estimate of drug-likeness (QED) is 0.752. The van der Waals surface area contributed by atoms with E-state index < -0.39 is 5.97 Å². The summed E-state index contributed by atoms with van der Waals surface area (Å²) in [5, 5.41) is 20.8. The third-order valence-corrected chi connectivity index (χ3v) is 3.13. The number of rotatable bonds is 2. The number of hydrogen-bond donors (Lipinski definition) is 3. The van der Waals surface area contributed by atoms with Gasteiger partial charge in [-0.1, -0.05) is 0 Å². The molecular weight excluding hydrogens is 248 g/mol. The van der Waals surface area contributed by atoms with Gasteiger partial charge in [-0.2, -0.15) is 0 Å². The molecule has 1 heterocycles. The SMILES string of the molecule is O=C(O)c1ccc(NC(=O)N2CCC(O)CC2)cc1. The number of aromatic carboxylic acids is 1. The van der Waals surface area contributed by atoms with E-state index in [0.29, 0.717) is 31.6 Å². The molecule has 2 amide bonds. The Morgan fingerprint density at radius 1 is 1.16 bits per heavy atom. The second kappa shape index (κ2) is 5.71. The van der Waals surface area contributed by atoms with Gasteiger partial charge >= 0.3 is 12.0 Å². The number of piperidine rings is 1. The molecule has 0 aliphatic carbocycles. The van der Waals surface area contributed by atoms with Gasteiger partial charge in [0.05, 0.1) is 11.7 Å². The van der Waals surface area contributed by atoms with Gasteiger partial charge in [0.1, 0.15) is 0 Å². The van der Waals surface area contributed by atoms with E-state index in [4.69, 9.17) is 5.11 Å². The van der Waals surface area contributed by atoms with Crippen LogP contribution >= 0.6 is 0 Å². The largest absolute Gasteiger partial charge is 0.478 e. The van der Waals surface area contributed by atoms with Crippen LogP contribution in [0.2, 0.25) is 0 Å². The monoisotopic (exact) mass is 264 g/mol. The number of nitrogens with one attached hydrogen (secondary N) is 1. The molecule has 6 heteroatoms. The molecule has 2 rings (SSSR count). The van der Waals surface area contributed by atoms with Crippen LogP contribution in [0.25, 0.3) is 0 Å². The molecular formula is C13H16N2O4. The fourth-order valence-electron chi connectivity index (χ4n) is 1.97. The van der Waals surface area contributed by atoms with Gasteiger partial charge in [0.2, 0.25) is 0 Å². The number of aliphatic hydroxyl groups is 1. The minimum Gasteiger partial charge on any atom is -0.478 e. The van der Waals surface area contributed by atoms with E-state index in [9.17, 15) is 14.7 Å². The lowest BCUT2D eigenvalue weighted by molar-refractivity contribution is 0.0696. The van der Waals surface area contributed by atoms with E-state index in [2.05, 4.69) is 5.32 Å². The molecule has 0 aromatic heterocycles. The van der Waals surface area contributed by atoms with Crippen molar-refractivity contribution in [1.29, 1.82) is 0 Å². The Hall–Kier alpha value is -2.08. The highest BCUT2D eigenvalue weighted by Gasteiger charge is 2.21. The number of amides is 2. The molecule has 1 aliphatic heterocycles. The number of likely N-dealkylation sites (tertiary alicyclic amines) is 1. The first-order chi connectivity index (χ1) is 9.06. The number of hydrogen-bond acceptors (Lipinski definition) is 3. The van der Waals surface area contributed by atoms with Gasteiger partial charge in [0.15, 0.2) is 0 Å². The third kappa shape index (κ3) is 3.45. The van der Waals surface area contributed by atoms with E-state index >= 15 is 0 Å². The summed E-state index contributed by atoms with van der Waals surface area (Å²) < 4.78 is 0. The number of carbonyl (C=O) groups is 2. The van der Waals surface area contributed by atoms with E-state index in [-0.39, 0.29) is 17.7 Å². The van der Waals surface area contributed by atoms with Crippen molar-refractivity contribution < 1.29 is 19.8 Å². The zero-order chi connectivity index (χ0) is 13.8. The number of anilines is 1. The van der Waals surface area contributed by atoms with Crippen molar-refractivity contribution in [2.45, 2.75) is 18.9 Å². The minimum atomic E-state index is -0.997. The summed E-state index contributed by atoms with van der Waals surface area (Å²) in [5.41, 5.74) is 0.736. The van der Waals surface area contributed by atoms with Gasteiger partial charge in [-0.25, -0.2) is 9.59 Å². The average molecular weight is 264 g/mol. The van der Waals surface area contributed by atoms with Crippen LogP contribution in [0, 0.1) is 0 Å². The minimum absolute atomic E-state index is 0.180. The molecule has 0 bridgehead atoms. The molecule has 3 N–H and O–H groups in total. The molecule has 1 saturated heterocycles. The molecule has 1 aliphatic rings. The average Bonchev–Trinajstić information content (AvgIpc) is 2.40. The second-order valence-electron chi connectivity index (χ2n) is 4.53. The lowest BCUT2D eigenvalue weighted by Crippen LogP contribution is -2.42. The summed E-state index contributed by atoms with van der Waals surface area (Å²) in [6.07, 6.45) is 0.857. The lowest BCUT2D eigenvalue weighted by Gasteiger charge is -2.29. The molecule has 19 heavy (non-hydrogen) atoms. The number of nitrogens with zero attached hydrogens (tertiary/aromatic N) is 1. The summed E-state index contributed by atoms with van der Waals surface area (Å²) >= 11 is 0. The van der Waals surface area contributed by atoms with Crippen LogP contribution in [0.3, 0.4) is 0 Å². The topological polar surface area (TPSA) is 89.9 Å². The Kier molecular flexibility index (Phi) is 4.01. The van der Waals surface area contributed by atoms with Gasteiger partial charge in [-0.05, 0) is 37.1 Å². The highest BCUT2D eigenvalue weighted by atomic mass is 16.4. The predicted octanol–water partition coefficient (Wildman–Crippen LogP) is 1.37. The zero-order valence-corrected chi connectivity index (χ0v) is 10.4. The van der Waals surface area contributed by atoms with Crippen molar-refractivity contribution >= 4 is 17.7 Å². The van der Waals surface area contributed by atoms with Gasteiger partial charge in [0.25, 0.3) is 0 Å². The van der Waals surface area contributed by atoms with E-state index in [1.807, 2.05) is 0 Å². The fourth-order valence-corrected chi connectivity index (χ4v) is 1.97. The molecule has 1 aromatic carbocycles. The first-order valence-electron chi connectivity index (χ1n) is 6.13. The summed E-state index contributed by atoms with van der Waals surface area (Å²) in [4.78, 5) is 24.2.